The number of carbonyl (C=O) groups excluding carboxylic acids is 1. The Labute approximate surface area is 112 Å². The number of carbonyl (C=O) groups is 2. The summed E-state index contributed by atoms with van der Waals surface area (Å²) in [4.78, 5) is 29.8. The van der Waals surface area contributed by atoms with Crippen LogP contribution < -0.4 is 10.6 Å². The Morgan fingerprint density at radius 2 is 1.90 bits per heavy atom. The molecule has 2 rings (SSSR count). The third-order valence-corrected chi connectivity index (χ3v) is 2.22. The first-order valence-corrected chi connectivity index (χ1v) is 5.44. The summed E-state index contributed by atoms with van der Waals surface area (Å²) in [6.45, 7) is 0. The Morgan fingerprint density at radius 3 is 2.60 bits per heavy atom. The molecule has 2 aromatic rings. The third kappa shape index (κ3) is 3.25. The number of halogens is 1. The van der Waals surface area contributed by atoms with E-state index in [1.54, 1.807) is 0 Å². The molecule has 0 atom stereocenters. The van der Waals surface area contributed by atoms with Gasteiger partial charge in [-0.25, -0.2) is 23.9 Å². The van der Waals surface area contributed by atoms with Crippen molar-refractivity contribution in [1.82, 2.24) is 9.97 Å². The van der Waals surface area contributed by atoms with Gasteiger partial charge in [-0.05, 0) is 18.2 Å². The van der Waals surface area contributed by atoms with E-state index in [1.165, 1.54) is 30.6 Å². The quantitative estimate of drug-likeness (QED) is 0.794. The van der Waals surface area contributed by atoms with Gasteiger partial charge in [-0.15, -0.1) is 0 Å². The second-order valence-electron chi connectivity index (χ2n) is 3.65. The second kappa shape index (κ2) is 5.74. The molecule has 20 heavy (non-hydrogen) atoms. The molecule has 1 heterocycles. The highest BCUT2D eigenvalue weighted by Crippen LogP contribution is 2.11. The van der Waals surface area contributed by atoms with Gasteiger partial charge in [0, 0.05) is 18.1 Å². The van der Waals surface area contributed by atoms with Gasteiger partial charge in [0.2, 0.25) is 0 Å². The van der Waals surface area contributed by atoms with Crippen LogP contribution in [0.15, 0.2) is 36.7 Å². The number of carboxylic acid groups (broad SMARTS) is 1. The van der Waals surface area contributed by atoms with Crippen molar-refractivity contribution in [2.75, 3.05) is 10.6 Å². The van der Waals surface area contributed by atoms with Crippen LogP contribution in [0.1, 0.15) is 10.5 Å². The van der Waals surface area contributed by atoms with Gasteiger partial charge in [0.05, 0.1) is 0 Å². The number of nitrogens with one attached hydrogen (secondary N) is 2. The molecule has 0 aliphatic heterocycles. The number of hydrogen-bond acceptors (Lipinski definition) is 4. The molecule has 8 heteroatoms. The average molecular weight is 276 g/mol. The van der Waals surface area contributed by atoms with Crippen molar-refractivity contribution in [3.63, 3.8) is 0 Å². The number of hydrogen-bond donors (Lipinski definition) is 3. The molecule has 0 fully saturated rings. The van der Waals surface area contributed by atoms with E-state index in [9.17, 15) is 14.0 Å². The summed E-state index contributed by atoms with van der Waals surface area (Å²) in [7, 11) is 0. The fraction of sp³-hybridized carbons (Fsp3) is 0. The number of aromatic nitrogens is 2. The minimum Gasteiger partial charge on any atom is -0.476 e. The van der Waals surface area contributed by atoms with Crippen LogP contribution in [0.5, 0.6) is 0 Å². The van der Waals surface area contributed by atoms with E-state index in [0.717, 1.165) is 6.07 Å². The van der Waals surface area contributed by atoms with E-state index in [0.29, 0.717) is 0 Å². The molecule has 0 saturated carbocycles. The summed E-state index contributed by atoms with van der Waals surface area (Å²) in [5.74, 6) is -2.03. The topological polar surface area (TPSA) is 104 Å². The lowest BCUT2D eigenvalue weighted by Crippen LogP contribution is -2.22. The number of carboxylic acids is 1. The predicted octanol–water partition coefficient (Wildman–Crippen LogP) is 1.96. The van der Waals surface area contributed by atoms with E-state index >= 15 is 0 Å². The first-order valence-electron chi connectivity index (χ1n) is 5.44. The third-order valence-electron chi connectivity index (χ3n) is 2.22. The van der Waals surface area contributed by atoms with Crippen LogP contribution in [0.2, 0.25) is 0 Å². The van der Waals surface area contributed by atoms with Crippen molar-refractivity contribution in [1.29, 1.82) is 0 Å². The number of rotatable bonds is 3. The highest BCUT2D eigenvalue weighted by atomic mass is 19.1. The molecule has 2 amide bonds. The van der Waals surface area contributed by atoms with Gasteiger partial charge in [0.1, 0.15) is 5.82 Å². The molecule has 0 aliphatic rings. The van der Waals surface area contributed by atoms with E-state index in [-0.39, 0.29) is 17.2 Å². The number of amides is 2. The summed E-state index contributed by atoms with van der Waals surface area (Å²) in [5.41, 5.74) is -0.162. The fourth-order valence-corrected chi connectivity index (χ4v) is 1.42. The zero-order chi connectivity index (χ0) is 14.5. The Bertz CT molecular complexity index is 663. The summed E-state index contributed by atoms with van der Waals surface area (Å²) < 4.78 is 12.9. The average Bonchev–Trinajstić information content (AvgIpc) is 2.38. The zero-order valence-electron chi connectivity index (χ0n) is 10.0. The van der Waals surface area contributed by atoms with Crippen molar-refractivity contribution >= 4 is 23.5 Å². The van der Waals surface area contributed by atoms with Crippen molar-refractivity contribution in [2.24, 2.45) is 0 Å². The van der Waals surface area contributed by atoms with Gasteiger partial charge >= 0.3 is 12.0 Å². The maximum atomic E-state index is 12.9. The molecular formula is C12H9FN4O3. The summed E-state index contributed by atoms with van der Waals surface area (Å²) in [5, 5.41) is 13.5. The number of anilines is 2. The first kappa shape index (κ1) is 13.4. The van der Waals surface area contributed by atoms with Crippen LogP contribution in [-0.4, -0.2) is 27.1 Å². The molecule has 102 valence electrons. The van der Waals surface area contributed by atoms with Crippen LogP contribution in [-0.2, 0) is 0 Å². The summed E-state index contributed by atoms with van der Waals surface area (Å²) >= 11 is 0. The first-order chi connectivity index (χ1) is 9.56. The molecule has 0 unspecified atom stereocenters. The Kier molecular flexibility index (Phi) is 3.85. The van der Waals surface area contributed by atoms with E-state index < -0.39 is 17.8 Å². The van der Waals surface area contributed by atoms with Crippen molar-refractivity contribution in [3.05, 3.63) is 48.2 Å². The number of benzene rings is 1. The Hall–Kier alpha value is -3.03. The minimum absolute atomic E-state index is 0.200. The molecule has 0 aliphatic carbocycles. The molecule has 1 aromatic carbocycles. The van der Waals surface area contributed by atoms with Crippen molar-refractivity contribution < 1.29 is 19.1 Å². The van der Waals surface area contributed by atoms with Gasteiger partial charge in [-0.3, -0.25) is 5.32 Å². The van der Waals surface area contributed by atoms with Crippen molar-refractivity contribution in [3.8, 4) is 0 Å². The van der Waals surface area contributed by atoms with Gasteiger partial charge < -0.3 is 10.4 Å². The lowest BCUT2D eigenvalue weighted by atomic mass is 10.3. The SMILES string of the molecule is O=C(Nc1cccc(F)c1)Nc1nccnc1C(=O)O. The van der Waals surface area contributed by atoms with Gasteiger partial charge in [-0.2, -0.15) is 0 Å². The number of urea groups is 1. The van der Waals surface area contributed by atoms with Gasteiger partial charge in [0.25, 0.3) is 0 Å². The molecule has 1 aromatic heterocycles. The van der Waals surface area contributed by atoms with Gasteiger partial charge in [0.15, 0.2) is 11.5 Å². The smallest absolute Gasteiger partial charge is 0.358 e. The van der Waals surface area contributed by atoms with E-state index in [2.05, 4.69) is 20.6 Å². The highest BCUT2D eigenvalue weighted by Gasteiger charge is 2.14. The molecule has 7 nitrogen and oxygen atoms in total. The molecule has 3 N–H and O–H groups in total. The van der Waals surface area contributed by atoms with Crippen LogP contribution in [0.3, 0.4) is 0 Å². The standard InChI is InChI=1S/C12H9FN4O3/c13-7-2-1-3-8(6-7)16-12(20)17-10-9(11(18)19)14-4-5-15-10/h1-6H,(H,18,19)(H2,15,16,17,20). The van der Waals surface area contributed by atoms with Crippen LogP contribution in [0, 0.1) is 5.82 Å². The molecule has 0 saturated heterocycles. The second-order valence-corrected chi connectivity index (χ2v) is 3.65. The van der Waals surface area contributed by atoms with Crippen molar-refractivity contribution in [2.45, 2.75) is 0 Å². The molecule has 0 radical (unpaired) electrons. The number of aromatic carboxylic acids is 1. The lowest BCUT2D eigenvalue weighted by Gasteiger charge is -2.08. The van der Waals surface area contributed by atoms with E-state index in [4.69, 9.17) is 5.11 Å². The molecular weight excluding hydrogens is 267 g/mol. The molecule has 0 bridgehead atoms. The molecule has 0 spiro atoms. The van der Waals surface area contributed by atoms with Crippen LogP contribution in [0.25, 0.3) is 0 Å². The Morgan fingerprint density at radius 1 is 1.15 bits per heavy atom. The lowest BCUT2D eigenvalue weighted by molar-refractivity contribution is 0.0691. The number of nitrogens with zero attached hydrogens (tertiary/aromatic N) is 2. The largest absolute Gasteiger partial charge is 0.476 e. The highest BCUT2D eigenvalue weighted by molar-refractivity contribution is 6.02. The summed E-state index contributed by atoms with van der Waals surface area (Å²) in [6, 6.07) is 4.51. The Balaban J connectivity index is 2.11. The maximum Gasteiger partial charge on any atom is 0.358 e. The minimum atomic E-state index is -1.32. The normalized spacial score (nSPS) is 9.85. The predicted molar refractivity (Wildman–Crippen MR) is 68.0 cm³/mol. The summed E-state index contributed by atoms with van der Waals surface area (Å²) in [6.07, 6.45) is 2.43. The fourth-order valence-electron chi connectivity index (χ4n) is 1.42. The monoisotopic (exact) mass is 276 g/mol. The van der Waals surface area contributed by atoms with Gasteiger partial charge in [-0.1, -0.05) is 6.07 Å². The maximum absolute atomic E-state index is 12.9. The van der Waals surface area contributed by atoms with Crippen LogP contribution in [0.4, 0.5) is 20.7 Å². The zero-order valence-corrected chi connectivity index (χ0v) is 10.0. The van der Waals surface area contributed by atoms with E-state index in [1.807, 2.05) is 0 Å². The van der Waals surface area contributed by atoms with Crippen LogP contribution >= 0.6 is 0 Å².